The number of hydrogen-bond acceptors (Lipinski definition) is 3. The highest BCUT2D eigenvalue weighted by Crippen LogP contribution is 2.42. The number of furan rings is 2. The summed E-state index contributed by atoms with van der Waals surface area (Å²) in [4.78, 5) is 0. The van der Waals surface area contributed by atoms with E-state index in [2.05, 4.69) is 178 Å². The molecule has 5 nitrogen and oxygen atoms in total. The average molecular weight is 1200 g/mol. The zero-order valence-corrected chi connectivity index (χ0v) is 49.5. The summed E-state index contributed by atoms with van der Waals surface area (Å²) in [6.45, 7) is 0. The molecule has 0 aliphatic rings. The lowest BCUT2D eigenvalue weighted by Crippen LogP contribution is -2.03. The molecule has 18 aromatic rings. The molecular formula is C85H58ClN3O2. The predicted octanol–water partition coefficient (Wildman–Crippen LogP) is 24.0. The molecule has 18 rings (SSSR count). The lowest BCUT2D eigenvalue weighted by molar-refractivity contribution is 0.668. The van der Waals surface area contributed by atoms with Crippen molar-refractivity contribution in [2.24, 2.45) is 0 Å². The molecular weight excluding hydrogens is 1130 g/mol. The highest BCUT2D eigenvalue weighted by Gasteiger charge is 2.22. The second kappa shape index (κ2) is 23.8. The van der Waals surface area contributed by atoms with E-state index in [0.717, 1.165) is 82.1 Å². The molecule has 0 radical (unpaired) electrons. The van der Waals surface area contributed by atoms with Crippen molar-refractivity contribution in [3.63, 3.8) is 0 Å². The zero-order valence-electron chi connectivity index (χ0n) is 58.7. The van der Waals surface area contributed by atoms with Crippen LogP contribution in [0, 0.1) is 0 Å². The molecule has 6 heteroatoms. The maximum absolute atomic E-state index is 8.94. The molecule has 0 aliphatic heterocycles. The number of fused-ring (bicyclic) bond motifs is 12. The Morgan fingerprint density at radius 2 is 0.747 bits per heavy atom. The van der Waals surface area contributed by atoms with Crippen molar-refractivity contribution >= 4 is 110 Å². The van der Waals surface area contributed by atoms with Crippen LogP contribution in [0.15, 0.2) is 348 Å². The Kier molecular flexibility index (Phi) is 11.7. The molecule has 432 valence electrons. The third-order valence-electron chi connectivity index (χ3n) is 16.8. The van der Waals surface area contributed by atoms with Crippen LogP contribution in [0.5, 0.6) is 0 Å². The number of nitrogens with zero attached hydrogens (tertiary/aromatic N) is 2. The van der Waals surface area contributed by atoms with Crippen LogP contribution < -0.4 is 5.32 Å². The normalized spacial score (nSPS) is 13.3. The fourth-order valence-electron chi connectivity index (χ4n) is 12.8. The molecule has 14 aromatic carbocycles. The van der Waals surface area contributed by atoms with E-state index in [1.807, 2.05) is 103 Å². The Balaban J connectivity index is 0.000000130. The van der Waals surface area contributed by atoms with Crippen LogP contribution in [0.3, 0.4) is 0 Å². The van der Waals surface area contributed by atoms with Gasteiger partial charge in [-0.25, -0.2) is 0 Å². The van der Waals surface area contributed by atoms with Crippen molar-refractivity contribution in [3.05, 3.63) is 361 Å². The molecule has 1 N–H and O–H groups in total. The minimum atomic E-state index is -0.651. The summed E-state index contributed by atoms with van der Waals surface area (Å²) in [6.07, 6.45) is 0. The molecule has 0 fully saturated rings. The summed E-state index contributed by atoms with van der Waals surface area (Å²) in [5.74, 6) is -0.651. The number of nitrogens with one attached hydrogen (secondary N) is 1. The number of rotatable bonds is 9. The van der Waals surface area contributed by atoms with Crippen LogP contribution in [0.25, 0.3) is 121 Å². The molecule has 0 aliphatic carbocycles. The van der Waals surface area contributed by atoms with Crippen LogP contribution in [0.2, 0.25) is 5.02 Å². The van der Waals surface area contributed by atoms with Gasteiger partial charge in [0.2, 0.25) is 0 Å². The number of para-hydroxylation sites is 9. The summed E-state index contributed by atoms with van der Waals surface area (Å²) < 4.78 is 98.9. The van der Waals surface area contributed by atoms with Gasteiger partial charge in [-0.15, -0.1) is 0 Å². The van der Waals surface area contributed by atoms with Crippen molar-refractivity contribution in [2.75, 3.05) is 5.32 Å². The van der Waals surface area contributed by atoms with Gasteiger partial charge in [0, 0.05) is 94.0 Å². The smallest absolute Gasteiger partial charge is 0.137 e. The third-order valence-corrected chi connectivity index (χ3v) is 17.1. The van der Waals surface area contributed by atoms with E-state index in [-0.39, 0.29) is 59.6 Å². The van der Waals surface area contributed by atoms with Crippen molar-refractivity contribution < 1.29 is 22.5 Å². The Morgan fingerprint density at radius 1 is 0.319 bits per heavy atom. The predicted molar refractivity (Wildman–Crippen MR) is 382 cm³/mol. The van der Waals surface area contributed by atoms with Crippen molar-refractivity contribution in [3.8, 4) is 33.6 Å². The maximum atomic E-state index is 8.94. The number of benzene rings is 14. The van der Waals surface area contributed by atoms with Gasteiger partial charge in [0.25, 0.3) is 0 Å². The van der Waals surface area contributed by atoms with E-state index in [9.17, 15) is 0 Å². The van der Waals surface area contributed by atoms with Gasteiger partial charge in [-0.1, -0.05) is 254 Å². The van der Waals surface area contributed by atoms with Crippen LogP contribution in [-0.2, 0) is 0 Å². The Morgan fingerprint density at radius 3 is 1.30 bits per heavy atom. The average Bonchev–Trinajstić information content (AvgIpc) is 1.69. The van der Waals surface area contributed by atoms with Crippen LogP contribution >= 0.6 is 11.6 Å². The first-order valence-corrected chi connectivity index (χ1v) is 30.3. The number of hydrogen-bond donors (Lipinski definition) is 1. The largest absolute Gasteiger partial charge is 0.456 e. The summed E-state index contributed by atoms with van der Waals surface area (Å²) in [7, 11) is 0. The Hall–Kier alpha value is -11.6. The van der Waals surface area contributed by atoms with Crippen LogP contribution in [-0.4, -0.2) is 9.13 Å². The molecule has 0 spiro atoms. The van der Waals surface area contributed by atoms with Gasteiger partial charge < -0.3 is 23.3 Å². The molecule has 1 atom stereocenters. The van der Waals surface area contributed by atoms with E-state index in [4.69, 9.17) is 34.1 Å². The molecule has 1 unspecified atom stereocenters. The highest BCUT2D eigenvalue weighted by atomic mass is 35.5. The first kappa shape index (κ1) is 44.8. The molecule has 0 amide bonds. The molecule has 4 aromatic heterocycles. The van der Waals surface area contributed by atoms with E-state index in [1.165, 1.54) is 44.0 Å². The monoisotopic (exact) mass is 1200 g/mol. The number of anilines is 2. The van der Waals surface area contributed by atoms with E-state index < -0.39 is 18.0 Å². The number of aromatic nitrogens is 2. The standard InChI is InChI=1S/C43H29NO.C24H16ClN.C18H13NO/c1-3-12-30(13-4-1)42(32-26-27-37-36-17-8-10-21-40(36)45-41(37)28-32)31-24-22-29(23-25-31)34-18-11-19-38-35-16-7-9-20-39(35)44(43(34)38)33-14-5-2-6-15-33;25-18-15-13-17(14-16-18)20-10-6-11-22-21-9-4-5-12-23(21)26(24(20)22)19-7-2-1-3-8-19;1-2-6-13(7-3-1)19-14-10-11-16-15-8-4-5-9-17(15)20-18(16)12-14/h1-28,42H;1-16H;1-12,19H/i1D,3D,4D,12D,13D;;1D,2D,3D,6D,7D. The van der Waals surface area contributed by atoms with Gasteiger partial charge in [-0.2, -0.15) is 0 Å². The lowest BCUT2D eigenvalue weighted by Gasteiger charge is -2.19. The van der Waals surface area contributed by atoms with E-state index in [0.29, 0.717) is 16.9 Å². The van der Waals surface area contributed by atoms with Crippen LogP contribution in [0.4, 0.5) is 11.4 Å². The second-order valence-electron chi connectivity index (χ2n) is 22.2. The fourth-order valence-corrected chi connectivity index (χ4v) is 12.9. The van der Waals surface area contributed by atoms with Gasteiger partial charge in [0.05, 0.1) is 35.8 Å². The number of halogens is 1. The van der Waals surface area contributed by atoms with Crippen molar-refractivity contribution in [2.45, 2.75) is 5.92 Å². The maximum Gasteiger partial charge on any atom is 0.137 e. The van der Waals surface area contributed by atoms with Crippen molar-refractivity contribution in [1.29, 1.82) is 0 Å². The Labute approximate surface area is 545 Å². The second-order valence-corrected chi connectivity index (χ2v) is 22.6. The molecule has 0 bridgehead atoms. The van der Waals surface area contributed by atoms with E-state index >= 15 is 0 Å². The highest BCUT2D eigenvalue weighted by molar-refractivity contribution is 6.30. The molecule has 0 saturated heterocycles. The fraction of sp³-hybridized carbons (Fsp3) is 0.0118. The van der Waals surface area contributed by atoms with Gasteiger partial charge in [0.15, 0.2) is 0 Å². The first-order chi connectivity index (χ1) is 49.2. The van der Waals surface area contributed by atoms with Gasteiger partial charge in [-0.05, 0) is 119 Å². The summed E-state index contributed by atoms with van der Waals surface area (Å²) >= 11 is 6.10. The van der Waals surface area contributed by atoms with Gasteiger partial charge in [-0.3, -0.25) is 0 Å². The minimum Gasteiger partial charge on any atom is -0.456 e. The SMILES string of the molecule is Clc1ccc(-c2cccc3c4ccccc4n(-c4ccccc4)c23)cc1.[2H]c1c([2H])c([2H])c(C(c2ccc(-c3cccc4c5ccccc5n(-c5ccccc5)c34)cc2)c2ccc3c(c2)oc2ccccc23)c([2H])c1[2H].[2H]c1c([2H])c([2H])c(Nc2ccc3c(c2)oc2ccccc23)c([2H])c1[2H]. The summed E-state index contributed by atoms with van der Waals surface area (Å²) in [5, 5.41) is 12.5. The van der Waals surface area contributed by atoms with Gasteiger partial charge in [0.1, 0.15) is 22.3 Å². The zero-order chi connectivity index (χ0) is 69.3. The topological polar surface area (TPSA) is 48.2 Å². The quantitative estimate of drug-likeness (QED) is 0.147. The summed E-state index contributed by atoms with van der Waals surface area (Å²) in [5.41, 5.74) is 16.7. The van der Waals surface area contributed by atoms with Crippen LogP contribution in [0.1, 0.15) is 36.3 Å². The van der Waals surface area contributed by atoms with Crippen molar-refractivity contribution in [1.82, 2.24) is 9.13 Å². The minimum absolute atomic E-state index is 0.0430. The molecule has 91 heavy (non-hydrogen) atoms. The molecule has 4 heterocycles. The first-order valence-electron chi connectivity index (χ1n) is 35.0. The Bertz CT molecular complexity index is 6210. The van der Waals surface area contributed by atoms with Gasteiger partial charge >= 0.3 is 0 Å². The van der Waals surface area contributed by atoms with E-state index in [1.54, 1.807) is 12.1 Å². The lowest BCUT2D eigenvalue weighted by atomic mass is 9.84. The summed E-state index contributed by atoms with van der Waals surface area (Å²) in [6, 6.07) is 90.8. The molecule has 0 saturated carbocycles. The third kappa shape index (κ3) is 10.3.